The van der Waals surface area contributed by atoms with Crippen LogP contribution in [0.5, 0.6) is 0 Å². The molecule has 0 bridgehead atoms. The molecule has 24 heavy (non-hydrogen) atoms. The molecule has 3 rings (SSSR count). The predicted molar refractivity (Wildman–Crippen MR) is 98.2 cm³/mol. The maximum Gasteiger partial charge on any atom is 0.133 e. The lowest BCUT2D eigenvalue weighted by Crippen LogP contribution is -2.47. The van der Waals surface area contributed by atoms with E-state index in [0.29, 0.717) is 17.9 Å². The van der Waals surface area contributed by atoms with Gasteiger partial charge < -0.3 is 20.1 Å². The van der Waals surface area contributed by atoms with Gasteiger partial charge in [0.1, 0.15) is 17.6 Å². The van der Waals surface area contributed by atoms with Crippen LogP contribution in [0.1, 0.15) is 23.7 Å². The molecule has 0 spiro atoms. The maximum absolute atomic E-state index is 9.50. The first-order valence-electron chi connectivity index (χ1n) is 8.54. The Kier molecular flexibility index (Phi) is 4.77. The second-order valence-electron chi connectivity index (χ2n) is 6.41. The number of nitriles is 1. The lowest BCUT2D eigenvalue weighted by molar-refractivity contribution is 0.270. The van der Waals surface area contributed by atoms with Crippen LogP contribution in [-0.4, -0.2) is 42.2 Å². The summed E-state index contributed by atoms with van der Waals surface area (Å²) in [5, 5.41) is 9.50. The van der Waals surface area contributed by atoms with E-state index in [1.54, 1.807) is 6.07 Å². The zero-order valence-electron chi connectivity index (χ0n) is 14.5. The van der Waals surface area contributed by atoms with Crippen LogP contribution in [0.15, 0.2) is 30.3 Å². The fourth-order valence-corrected chi connectivity index (χ4v) is 3.32. The summed E-state index contributed by atoms with van der Waals surface area (Å²) in [5.41, 5.74) is 10.0. The van der Waals surface area contributed by atoms with Crippen molar-refractivity contribution in [3.63, 3.8) is 0 Å². The molecule has 1 aromatic carbocycles. The van der Waals surface area contributed by atoms with Crippen molar-refractivity contribution >= 4 is 11.5 Å². The van der Waals surface area contributed by atoms with Gasteiger partial charge in [-0.05, 0) is 25.1 Å². The number of nitrogens with two attached hydrogens (primary N) is 1. The quantitative estimate of drug-likeness (QED) is 0.939. The first kappa shape index (κ1) is 16.4. The van der Waals surface area contributed by atoms with Crippen molar-refractivity contribution in [3.8, 4) is 6.07 Å². The van der Waals surface area contributed by atoms with Crippen LogP contribution >= 0.6 is 0 Å². The van der Waals surface area contributed by atoms with E-state index in [1.165, 1.54) is 11.1 Å². The van der Waals surface area contributed by atoms with Crippen LogP contribution < -0.4 is 10.6 Å². The zero-order chi connectivity index (χ0) is 17.1. The molecule has 2 N–H and O–H groups in total. The summed E-state index contributed by atoms with van der Waals surface area (Å²) in [5.74, 6) is 0.989. The third-order valence-electron chi connectivity index (χ3n) is 4.79. The van der Waals surface area contributed by atoms with E-state index in [0.717, 1.165) is 38.5 Å². The number of aromatic nitrogens is 1. The summed E-state index contributed by atoms with van der Waals surface area (Å²) in [4.78, 5) is 4.75. The second kappa shape index (κ2) is 6.98. The van der Waals surface area contributed by atoms with Crippen molar-refractivity contribution in [2.45, 2.75) is 20.4 Å². The average molecular weight is 323 g/mol. The molecule has 0 saturated carbocycles. The van der Waals surface area contributed by atoms with Crippen molar-refractivity contribution in [2.75, 3.05) is 43.4 Å². The SMILES string of the molecule is CCN1CCN(c2c(N)cc(C#N)n2Cc2ccc(C)cc2)CC1. The van der Waals surface area contributed by atoms with Gasteiger partial charge in [0, 0.05) is 26.2 Å². The summed E-state index contributed by atoms with van der Waals surface area (Å²) in [6.07, 6.45) is 0. The summed E-state index contributed by atoms with van der Waals surface area (Å²) >= 11 is 0. The summed E-state index contributed by atoms with van der Waals surface area (Å²) in [7, 11) is 0. The molecule has 1 aliphatic rings. The van der Waals surface area contributed by atoms with Gasteiger partial charge >= 0.3 is 0 Å². The molecule has 5 heteroatoms. The van der Waals surface area contributed by atoms with E-state index in [1.807, 2.05) is 0 Å². The van der Waals surface area contributed by atoms with E-state index < -0.39 is 0 Å². The molecule has 2 heterocycles. The Hall–Kier alpha value is -2.45. The minimum atomic E-state index is 0.626. The molecule has 1 saturated heterocycles. The minimum Gasteiger partial charge on any atom is -0.396 e. The third-order valence-corrected chi connectivity index (χ3v) is 4.79. The van der Waals surface area contributed by atoms with Crippen LogP contribution in [0.25, 0.3) is 0 Å². The first-order valence-corrected chi connectivity index (χ1v) is 8.54. The van der Waals surface area contributed by atoms with Crippen LogP contribution in [-0.2, 0) is 6.54 Å². The fourth-order valence-electron chi connectivity index (χ4n) is 3.32. The number of hydrogen-bond acceptors (Lipinski definition) is 4. The highest BCUT2D eigenvalue weighted by atomic mass is 15.3. The van der Waals surface area contributed by atoms with Gasteiger partial charge in [-0.25, -0.2) is 0 Å². The monoisotopic (exact) mass is 323 g/mol. The molecule has 0 aliphatic carbocycles. The number of nitrogen functional groups attached to an aromatic ring is 1. The van der Waals surface area contributed by atoms with E-state index >= 15 is 0 Å². The number of piperazine rings is 1. The highest BCUT2D eigenvalue weighted by Gasteiger charge is 2.23. The molecule has 0 radical (unpaired) electrons. The molecule has 5 nitrogen and oxygen atoms in total. The molecule has 0 atom stereocenters. The maximum atomic E-state index is 9.50. The van der Waals surface area contributed by atoms with Gasteiger partial charge in [0.25, 0.3) is 0 Å². The van der Waals surface area contributed by atoms with Gasteiger partial charge in [0.2, 0.25) is 0 Å². The largest absolute Gasteiger partial charge is 0.396 e. The molecular weight excluding hydrogens is 298 g/mol. The predicted octanol–water partition coefficient (Wildman–Crippen LogP) is 2.44. The van der Waals surface area contributed by atoms with Crippen molar-refractivity contribution in [3.05, 3.63) is 47.2 Å². The molecule has 0 unspecified atom stereocenters. The topological polar surface area (TPSA) is 61.2 Å². The van der Waals surface area contributed by atoms with Crippen molar-refractivity contribution < 1.29 is 0 Å². The normalized spacial score (nSPS) is 15.5. The van der Waals surface area contributed by atoms with Gasteiger partial charge in [-0.1, -0.05) is 36.8 Å². The van der Waals surface area contributed by atoms with Gasteiger partial charge in [-0.2, -0.15) is 5.26 Å². The Morgan fingerprint density at radius 3 is 2.38 bits per heavy atom. The second-order valence-corrected chi connectivity index (χ2v) is 6.41. The zero-order valence-corrected chi connectivity index (χ0v) is 14.5. The third kappa shape index (κ3) is 3.24. The number of nitrogens with zero attached hydrogens (tertiary/aromatic N) is 4. The molecule has 1 fully saturated rings. The standard InChI is InChI=1S/C19H25N5/c1-3-22-8-10-23(11-9-22)19-18(21)12-17(13-20)24(19)14-16-6-4-15(2)5-7-16/h4-7,12H,3,8-11,14,21H2,1-2H3. The number of hydrogen-bond donors (Lipinski definition) is 1. The highest BCUT2D eigenvalue weighted by Crippen LogP contribution is 2.29. The minimum absolute atomic E-state index is 0.626. The van der Waals surface area contributed by atoms with E-state index in [9.17, 15) is 5.26 Å². The summed E-state index contributed by atoms with van der Waals surface area (Å²) in [6.45, 7) is 9.98. The number of rotatable bonds is 4. The van der Waals surface area contributed by atoms with Gasteiger partial charge in [-0.15, -0.1) is 0 Å². The van der Waals surface area contributed by atoms with E-state index in [4.69, 9.17) is 5.73 Å². The van der Waals surface area contributed by atoms with Crippen LogP contribution in [0, 0.1) is 18.3 Å². The lowest BCUT2D eigenvalue weighted by atomic mass is 10.1. The molecule has 126 valence electrons. The fraction of sp³-hybridized carbons (Fsp3) is 0.421. The highest BCUT2D eigenvalue weighted by molar-refractivity contribution is 5.68. The Bertz CT molecular complexity index is 730. The molecule has 1 aromatic heterocycles. The van der Waals surface area contributed by atoms with Crippen LogP contribution in [0.2, 0.25) is 0 Å². The van der Waals surface area contributed by atoms with E-state index in [-0.39, 0.29) is 0 Å². The number of benzene rings is 1. The average Bonchev–Trinajstić information content (AvgIpc) is 2.92. The Balaban J connectivity index is 1.90. The van der Waals surface area contributed by atoms with Crippen molar-refractivity contribution in [1.82, 2.24) is 9.47 Å². The number of anilines is 2. The summed E-state index contributed by atoms with van der Waals surface area (Å²) in [6, 6.07) is 12.5. The first-order chi connectivity index (χ1) is 11.6. The molecule has 0 amide bonds. The smallest absolute Gasteiger partial charge is 0.133 e. The lowest BCUT2D eigenvalue weighted by Gasteiger charge is -2.36. The van der Waals surface area contributed by atoms with Crippen LogP contribution in [0.4, 0.5) is 11.5 Å². The Morgan fingerprint density at radius 2 is 1.79 bits per heavy atom. The van der Waals surface area contributed by atoms with Gasteiger partial charge in [0.05, 0.1) is 12.2 Å². The number of aryl methyl sites for hydroxylation is 1. The van der Waals surface area contributed by atoms with Crippen molar-refractivity contribution in [1.29, 1.82) is 5.26 Å². The van der Waals surface area contributed by atoms with E-state index in [2.05, 4.69) is 58.5 Å². The van der Waals surface area contributed by atoms with Crippen LogP contribution in [0.3, 0.4) is 0 Å². The molecular formula is C19H25N5. The number of likely N-dealkylation sites (N-methyl/N-ethyl adjacent to an activating group) is 1. The molecule has 2 aromatic rings. The van der Waals surface area contributed by atoms with Gasteiger partial charge in [0.15, 0.2) is 0 Å². The molecule has 1 aliphatic heterocycles. The van der Waals surface area contributed by atoms with Gasteiger partial charge in [-0.3, -0.25) is 0 Å². The Morgan fingerprint density at radius 1 is 1.12 bits per heavy atom. The Labute approximate surface area is 143 Å². The summed E-state index contributed by atoms with van der Waals surface area (Å²) < 4.78 is 2.06. The van der Waals surface area contributed by atoms with Crippen molar-refractivity contribution in [2.24, 2.45) is 0 Å².